The van der Waals surface area contributed by atoms with Crippen molar-refractivity contribution in [1.82, 2.24) is 20.0 Å². The van der Waals surface area contributed by atoms with Crippen LogP contribution >= 0.6 is 15.9 Å². The topological polar surface area (TPSA) is 119 Å². The molecule has 9 nitrogen and oxygen atoms in total. The van der Waals surface area contributed by atoms with Gasteiger partial charge in [-0.15, -0.1) is 0 Å². The first-order valence-corrected chi connectivity index (χ1v) is 8.14. The Morgan fingerprint density at radius 2 is 2.12 bits per heavy atom. The van der Waals surface area contributed by atoms with E-state index in [1.54, 1.807) is 0 Å². The Morgan fingerprint density at radius 1 is 1.32 bits per heavy atom. The van der Waals surface area contributed by atoms with E-state index in [-0.39, 0.29) is 34.0 Å². The molecule has 1 aliphatic carbocycles. The smallest absolute Gasteiger partial charge is 0.393 e. The van der Waals surface area contributed by atoms with E-state index < -0.39 is 11.6 Å². The third-order valence-corrected chi connectivity index (χ3v) is 4.53. The molecule has 0 unspecified atom stereocenters. The largest absolute Gasteiger partial charge is 0.446 e. The summed E-state index contributed by atoms with van der Waals surface area (Å²) >= 11 is 3.08. The predicted molar refractivity (Wildman–Crippen MR) is 85.7 cm³/mol. The molecule has 25 heavy (non-hydrogen) atoms. The molecule has 11 heteroatoms. The number of anilines is 1. The van der Waals surface area contributed by atoms with Crippen LogP contribution in [0, 0.1) is 5.82 Å². The van der Waals surface area contributed by atoms with Crippen LogP contribution in [0.5, 0.6) is 0 Å². The molecule has 0 bridgehead atoms. The summed E-state index contributed by atoms with van der Waals surface area (Å²) in [6.45, 7) is 0. The second-order valence-corrected chi connectivity index (χ2v) is 6.49. The number of nitrogens with zero attached hydrogens (tertiary/aromatic N) is 4. The van der Waals surface area contributed by atoms with Gasteiger partial charge in [0, 0.05) is 6.04 Å². The normalized spacial score (nSPS) is 19.6. The third kappa shape index (κ3) is 2.85. The van der Waals surface area contributed by atoms with Gasteiger partial charge < -0.3 is 10.4 Å². The highest BCUT2D eigenvalue weighted by molar-refractivity contribution is 9.10. The number of hydrogen-bond donors (Lipinski definition) is 2. The fourth-order valence-corrected chi connectivity index (χ4v) is 2.95. The molecule has 0 aliphatic heterocycles. The molecule has 1 aromatic carbocycles. The fourth-order valence-electron chi connectivity index (χ4n) is 2.58. The van der Waals surface area contributed by atoms with E-state index >= 15 is 0 Å². The van der Waals surface area contributed by atoms with Crippen LogP contribution in [0.4, 0.5) is 10.2 Å². The van der Waals surface area contributed by atoms with Gasteiger partial charge in [0.1, 0.15) is 5.82 Å². The molecule has 0 spiro atoms. The van der Waals surface area contributed by atoms with Crippen LogP contribution in [0.15, 0.2) is 36.6 Å². The number of benzene rings is 1. The molecule has 0 amide bonds. The summed E-state index contributed by atoms with van der Waals surface area (Å²) < 4.78 is 24.3. The van der Waals surface area contributed by atoms with Gasteiger partial charge in [0.05, 0.1) is 16.3 Å². The average Bonchev–Trinajstić information content (AvgIpc) is 3.15. The van der Waals surface area contributed by atoms with Gasteiger partial charge in [-0.3, -0.25) is 4.52 Å². The molecule has 2 N–H and O–H groups in total. The van der Waals surface area contributed by atoms with Gasteiger partial charge in [0.25, 0.3) is 0 Å². The van der Waals surface area contributed by atoms with E-state index in [2.05, 4.69) is 36.7 Å². The number of rotatable bonds is 4. The van der Waals surface area contributed by atoms with Crippen molar-refractivity contribution in [2.45, 2.75) is 25.0 Å². The van der Waals surface area contributed by atoms with Crippen molar-refractivity contribution in [2.24, 2.45) is 0 Å². The SMILES string of the molecule is O=c1onc(-c2nonc2NC2CC(O)C2)n1-c1ccc(F)c(Br)c1. The van der Waals surface area contributed by atoms with Crippen LogP contribution in [0.25, 0.3) is 17.2 Å². The van der Waals surface area contributed by atoms with Crippen LogP contribution in [0.2, 0.25) is 0 Å². The lowest BCUT2D eigenvalue weighted by molar-refractivity contribution is 0.0834. The van der Waals surface area contributed by atoms with Crippen LogP contribution in [0.3, 0.4) is 0 Å². The Labute approximate surface area is 147 Å². The van der Waals surface area contributed by atoms with Crippen LogP contribution in [0.1, 0.15) is 12.8 Å². The van der Waals surface area contributed by atoms with Gasteiger partial charge >= 0.3 is 5.76 Å². The lowest BCUT2D eigenvalue weighted by Crippen LogP contribution is -2.39. The first-order chi connectivity index (χ1) is 12.0. The summed E-state index contributed by atoms with van der Waals surface area (Å²) in [4.78, 5) is 12.1. The summed E-state index contributed by atoms with van der Waals surface area (Å²) in [6, 6.07) is 4.05. The quantitative estimate of drug-likeness (QED) is 0.665. The van der Waals surface area contributed by atoms with Gasteiger partial charge in [0.15, 0.2) is 5.69 Å². The zero-order valence-corrected chi connectivity index (χ0v) is 14.1. The van der Waals surface area contributed by atoms with Crippen molar-refractivity contribution in [3.63, 3.8) is 0 Å². The van der Waals surface area contributed by atoms with Crippen molar-refractivity contribution in [1.29, 1.82) is 0 Å². The van der Waals surface area contributed by atoms with Crippen molar-refractivity contribution >= 4 is 21.7 Å². The minimum absolute atomic E-state index is 0.0210. The number of halogens is 2. The van der Waals surface area contributed by atoms with E-state index in [9.17, 15) is 14.3 Å². The first-order valence-electron chi connectivity index (χ1n) is 7.34. The van der Waals surface area contributed by atoms with Gasteiger partial charge in [-0.05, 0) is 57.3 Å². The van der Waals surface area contributed by atoms with Gasteiger partial charge in [-0.2, -0.15) is 0 Å². The molecular formula is C14H11BrFN5O4. The zero-order chi connectivity index (χ0) is 17.6. The van der Waals surface area contributed by atoms with Crippen LogP contribution in [-0.2, 0) is 0 Å². The standard InChI is InChI=1S/C14H11BrFN5O4/c15-9-5-7(1-2-10(9)16)21-13(20-24-14(21)23)11-12(19-25-18-11)17-6-3-8(22)4-6/h1-2,5-6,8,22H,3-4H2,(H,17,19). The molecule has 1 saturated carbocycles. The summed E-state index contributed by atoms with van der Waals surface area (Å²) in [5.41, 5.74) is 0.509. The molecule has 2 aromatic heterocycles. The highest BCUT2D eigenvalue weighted by Gasteiger charge is 2.30. The maximum absolute atomic E-state index is 13.5. The lowest BCUT2D eigenvalue weighted by Gasteiger charge is -2.31. The number of nitrogens with one attached hydrogen (secondary N) is 1. The second-order valence-electron chi connectivity index (χ2n) is 5.63. The maximum Gasteiger partial charge on any atom is 0.446 e. The van der Waals surface area contributed by atoms with E-state index in [0.717, 1.165) is 4.57 Å². The minimum atomic E-state index is -0.762. The highest BCUT2D eigenvalue weighted by atomic mass is 79.9. The van der Waals surface area contributed by atoms with Crippen molar-refractivity contribution in [2.75, 3.05) is 5.32 Å². The fraction of sp³-hybridized carbons (Fsp3) is 0.286. The molecule has 0 radical (unpaired) electrons. The molecular weight excluding hydrogens is 401 g/mol. The molecule has 3 aromatic rings. The molecule has 1 aliphatic rings. The number of aromatic nitrogens is 4. The van der Waals surface area contributed by atoms with Crippen LogP contribution < -0.4 is 11.1 Å². The maximum atomic E-state index is 13.5. The molecule has 2 heterocycles. The van der Waals surface area contributed by atoms with Gasteiger partial charge in [-0.25, -0.2) is 18.4 Å². The van der Waals surface area contributed by atoms with Crippen molar-refractivity contribution in [3.05, 3.63) is 39.0 Å². The Balaban J connectivity index is 1.74. The molecule has 0 saturated heterocycles. The number of aliphatic hydroxyl groups excluding tert-OH is 1. The van der Waals surface area contributed by atoms with Crippen LogP contribution in [-0.4, -0.2) is 37.3 Å². The Kier molecular flexibility index (Phi) is 3.88. The minimum Gasteiger partial charge on any atom is -0.393 e. The Morgan fingerprint density at radius 3 is 2.84 bits per heavy atom. The summed E-state index contributed by atoms with van der Waals surface area (Å²) in [5.74, 6) is -0.891. The zero-order valence-electron chi connectivity index (χ0n) is 12.5. The highest BCUT2D eigenvalue weighted by Crippen LogP contribution is 2.29. The molecule has 130 valence electrons. The van der Waals surface area contributed by atoms with Crippen molar-refractivity contribution in [3.8, 4) is 17.2 Å². The number of hydrogen-bond acceptors (Lipinski definition) is 8. The summed E-state index contributed by atoms with van der Waals surface area (Å²) in [6.07, 6.45) is 0.800. The van der Waals surface area contributed by atoms with Gasteiger partial charge in [0.2, 0.25) is 11.6 Å². The van der Waals surface area contributed by atoms with E-state index in [0.29, 0.717) is 18.5 Å². The molecule has 4 rings (SSSR count). The summed E-state index contributed by atoms with van der Waals surface area (Å²) in [5, 5.41) is 23.7. The van der Waals surface area contributed by atoms with E-state index in [1.807, 2.05) is 0 Å². The Hall–Kier alpha value is -2.53. The predicted octanol–water partition coefficient (Wildman–Crippen LogP) is 1.71. The Bertz CT molecular complexity index is 978. The molecule has 1 fully saturated rings. The van der Waals surface area contributed by atoms with E-state index in [4.69, 9.17) is 9.15 Å². The third-order valence-electron chi connectivity index (χ3n) is 3.92. The average molecular weight is 412 g/mol. The summed E-state index contributed by atoms with van der Waals surface area (Å²) in [7, 11) is 0. The van der Waals surface area contributed by atoms with Gasteiger partial charge in [-0.1, -0.05) is 5.16 Å². The second kappa shape index (κ2) is 6.08. The van der Waals surface area contributed by atoms with Crippen molar-refractivity contribution < 1.29 is 18.6 Å². The lowest BCUT2D eigenvalue weighted by atomic mass is 9.89. The monoisotopic (exact) mass is 411 g/mol. The number of aliphatic hydroxyl groups is 1. The molecule has 0 atom stereocenters. The first kappa shape index (κ1) is 16.0. The van der Waals surface area contributed by atoms with E-state index in [1.165, 1.54) is 18.2 Å².